The molecule has 0 aliphatic rings. The third-order valence-corrected chi connectivity index (χ3v) is 4.33. The summed E-state index contributed by atoms with van der Waals surface area (Å²) >= 11 is 0. The van der Waals surface area contributed by atoms with Crippen LogP contribution in [0.2, 0.25) is 0 Å². The molecule has 6 nitrogen and oxygen atoms in total. The lowest BCUT2D eigenvalue weighted by atomic mass is 10.1. The SMILES string of the molecule is COc1ccc(-n2nc(C(C)C)cc2-c2ccc(CNC(=O)O)cc2)cc1. The van der Waals surface area contributed by atoms with E-state index in [1.165, 1.54) is 0 Å². The Labute approximate surface area is 158 Å². The summed E-state index contributed by atoms with van der Waals surface area (Å²) in [5.74, 6) is 1.11. The highest BCUT2D eigenvalue weighted by molar-refractivity contribution is 5.65. The fourth-order valence-corrected chi connectivity index (χ4v) is 2.78. The molecule has 0 aliphatic heterocycles. The van der Waals surface area contributed by atoms with Crippen molar-refractivity contribution in [3.05, 3.63) is 65.9 Å². The summed E-state index contributed by atoms with van der Waals surface area (Å²) in [6.45, 7) is 4.51. The minimum atomic E-state index is -1.03. The van der Waals surface area contributed by atoms with Crippen LogP contribution in [0, 0.1) is 0 Å². The average molecular weight is 365 g/mol. The molecule has 3 aromatic rings. The first-order chi connectivity index (χ1) is 13.0. The Morgan fingerprint density at radius 3 is 2.37 bits per heavy atom. The van der Waals surface area contributed by atoms with Crippen LogP contribution in [0.5, 0.6) is 5.75 Å². The number of nitrogens with one attached hydrogen (secondary N) is 1. The number of rotatable bonds is 6. The Morgan fingerprint density at radius 2 is 1.81 bits per heavy atom. The fraction of sp³-hybridized carbons (Fsp3) is 0.238. The Bertz CT molecular complexity index is 913. The van der Waals surface area contributed by atoms with Gasteiger partial charge in [-0.2, -0.15) is 5.10 Å². The van der Waals surface area contributed by atoms with Gasteiger partial charge in [0.05, 0.1) is 24.2 Å². The minimum absolute atomic E-state index is 0.282. The first-order valence-corrected chi connectivity index (χ1v) is 8.78. The van der Waals surface area contributed by atoms with Crippen LogP contribution in [0.15, 0.2) is 54.6 Å². The molecule has 1 aromatic heterocycles. The zero-order valence-electron chi connectivity index (χ0n) is 15.6. The van der Waals surface area contributed by atoms with Crippen LogP contribution in [-0.2, 0) is 6.54 Å². The molecule has 0 unspecified atom stereocenters. The van der Waals surface area contributed by atoms with E-state index in [1.54, 1.807) is 7.11 Å². The lowest BCUT2D eigenvalue weighted by molar-refractivity contribution is 0.194. The summed E-state index contributed by atoms with van der Waals surface area (Å²) in [5.41, 5.74) is 4.87. The Kier molecular flexibility index (Phi) is 5.45. The van der Waals surface area contributed by atoms with Crippen LogP contribution >= 0.6 is 0 Å². The van der Waals surface area contributed by atoms with Gasteiger partial charge in [0, 0.05) is 12.1 Å². The molecule has 0 radical (unpaired) electrons. The van der Waals surface area contributed by atoms with Gasteiger partial charge in [-0.05, 0) is 41.8 Å². The molecule has 2 aromatic carbocycles. The molecule has 0 atom stereocenters. The molecule has 1 heterocycles. The number of carbonyl (C=O) groups is 1. The monoisotopic (exact) mass is 365 g/mol. The van der Waals surface area contributed by atoms with Gasteiger partial charge in [0.15, 0.2) is 0 Å². The smallest absolute Gasteiger partial charge is 0.404 e. The number of hydrogen-bond acceptors (Lipinski definition) is 3. The van der Waals surface area contributed by atoms with Crippen LogP contribution < -0.4 is 10.1 Å². The standard InChI is InChI=1S/C21H23N3O3/c1-14(2)19-12-20(16-6-4-15(5-7-16)13-22-21(25)26)24(23-19)17-8-10-18(27-3)11-9-17/h4-12,14,22H,13H2,1-3H3,(H,25,26). The molecule has 0 fully saturated rings. The van der Waals surface area contributed by atoms with Gasteiger partial charge in [0.2, 0.25) is 0 Å². The van der Waals surface area contributed by atoms with Gasteiger partial charge >= 0.3 is 6.09 Å². The number of methoxy groups -OCH3 is 1. The molecule has 0 saturated carbocycles. The molecule has 0 bridgehead atoms. The second kappa shape index (κ2) is 7.95. The van der Waals surface area contributed by atoms with Gasteiger partial charge in [-0.15, -0.1) is 0 Å². The second-order valence-corrected chi connectivity index (χ2v) is 6.57. The quantitative estimate of drug-likeness (QED) is 0.677. The summed E-state index contributed by atoms with van der Waals surface area (Å²) in [4.78, 5) is 10.6. The highest BCUT2D eigenvalue weighted by atomic mass is 16.5. The van der Waals surface area contributed by atoms with Gasteiger partial charge in [-0.1, -0.05) is 38.1 Å². The van der Waals surface area contributed by atoms with Crippen LogP contribution in [0.4, 0.5) is 4.79 Å². The van der Waals surface area contributed by atoms with Crippen molar-refractivity contribution in [2.24, 2.45) is 0 Å². The fourth-order valence-electron chi connectivity index (χ4n) is 2.78. The first kappa shape index (κ1) is 18.5. The summed E-state index contributed by atoms with van der Waals surface area (Å²) < 4.78 is 7.17. The second-order valence-electron chi connectivity index (χ2n) is 6.57. The van der Waals surface area contributed by atoms with Crippen molar-refractivity contribution in [2.45, 2.75) is 26.3 Å². The summed E-state index contributed by atoms with van der Waals surface area (Å²) in [6, 6.07) is 17.7. The summed E-state index contributed by atoms with van der Waals surface area (Å²) in [7, 11) is 1.64. The van der Waals surface area contributed by atoms with Crippen LogP contribution in [0.1, 0.15) is 31.0 Å². The van der Waals surface area contributed by atoms with Gasteiger partial charge in [0.25, 0.3) is 0 Å². The van der Waals surface area contributed by atoms with E-state index in [1.807, 2.05) is 53.2 Å². The zero-order valence-corrected chi connectivity index (χ0v) is 15.6. The third-order valence-electron chi connectivity index (χ3n) is 4.33. The van der Waals surface area contributed by atoms with Gasteiger partial charge < -0.3 is 15.2 Å². The predicted molar refractivity (Wildman–Crippen MR) is 105 cm³/mol. The molecule has 27 heavy (non-hydrogen) atoms. The van der Waals surface area contributed by atoms with Crippen molar-refractivity contribution < 1.29 is 14.6 Å². The minimum Gasteiger partial charge on any atom is -0.497 e. The summed E-state index contributed by atoms with van der Waals surface area (Å²) in [5, 5.41) is 15.9. The molecule has 3 rings (SSSR count). The highest BCUT2D eigenvalue weighted by Gasteiger charge is 2.14. The van der Waals surface area contributed by atoms with Crippen molar-refractivity contribution in [1.29, 1.82) is 0 Å². The normalized spacial score (nSPS) is 10.8. The van der Waals surface area contributed by atoms with E-state index in [9.17, 15) is 4.79 Å². The molecule has 140 valence electrons. The van der Waals surface area contributed by atoms with E-state index < -0.39 is 6.09 Å². The maximum atomic E-state index is 10.6. The maximum absolute atomic E-state index is 10.6. The number of ether oxygens (including phenoxy) is 1. The van der Waals surface area contributed by atoms with Crippen LogP contribution in [-0.4, -0.2) is 28.1 Å². The van der Waals surface area contributed by atoms with E-state index in [0.29, 0.717) is 5.92 Å². The van der Waals surface area contributed by atoms with E-state index in [-0.39, 0.29) is 6.54 Å². The van der Waals surface area contributed by atoms with Crippen molar-refractivity contribution in [2.75, 3.05) is 7.11 Å². The third kappa shape index (κ3) is 4.28. The maximum Gasteiger partial charge on any atom is 0.404 e. The van der Waals surface area contributed by atoms with Crippen LogP contribution in [0.25, 0.3) is 16.9 Å². The number of nitrogens with zero attached hydrogens (tertiary/aromatic N) is 2. The van der Waals surface area contributed by atoms with Gasteiger partial charge in [-0.25, -0.2) is 9.48 Å². The lowest BCUT2D eigenvalue weighted by Crippen LogP contribution is -2.19. The van der Waals surface area contributed by atoms with Crippen molar-refractivity contribution in [1.82, 2.24) is 15.1 Å². The molecular weight excluding hydrogens is 342 g/mol. The predicted octanol–water partition coefficient (Wildman–Crippen LogP) is 4.44. The number of aromatic nitrogens is 2. The molecule has 6 heteroatoms. The van der Waals surface area contributed by atoms with Crippen molar-refractivity contribution in [3.8, 4) is 22.7 Å². The topological polar surface area (TPSA) is 76.4 Å². The Hall–Kier alpha value is -3.28. The van der Waals surface area contributed by atoms with E-state index in [0.717, 1.165) is 34.0 Å². The zero-order chi connectivity index (χ0) is 19.4. The van der Waals surface area contributed by atoms with E-state index in [4.69, 9.17) is 14.9 Å². The average Bonchev–Trinajstić information content (AvgIpc) is 3.12. The molecule has 1 amide bonds. The number of hydrogen-bond donors (Lipinski definition) is 2. The lowest BCUT2D eigenvalue weighted by Gasteiger charge is -2.09. The molecule has 2 N–H and O–H groups in total. The molecule has 0 aliphatic carbocycles. The molecular formula is C21H23N3O3. The summed E-state index contributed by atoms with van der Waals surface area (Å²) in [6.07, 6.45) is -1.03. The first-order valence-electron chi connectivity index (χ1n) is 8.78. The van der Waals surface area contributed by atoms with Gasteiger partial charge in [0.1, 0.15) is 5.75 Å². The molecule has 0 spiro atoms. The molecule has 0 saturated heterocycles. The van der Waals surface area contributed by atoms with E-state index in [2.05, 4.69) is 25.2 Å². The van der Waals surface area contributed by atoms with Crippen molar-refractivity contribution in [3.63, 3.8) is 0 Å². The number of amides is 1. The highest BCUT2D eigenvalue weighted by Crippen LogP contribution is 2.28. The largest absolute Gasteiger partial charge is 0.497 e. The van der Waals surface area contributed by atoms with Gasteiger partial charge in [-0.3, -0.25) is 0 Å². The van der Waals surface area contributed by atoms with E-state index >= 15 is 0 Å². The Balaban J connectivity index is 1.97. The van der Waals surface area contributed by atoms with Crippen LogP contribution in [0.3, 0.4) is 0 Å². The number of carboxylic acid groups (broad SMARTS) is 1. The number of benzene rings is 2. The van der Waals surface area contributed by atoms with Crippen molar-refractivity contribution >= 4 is 6.09 Å². The Morgan fingerprint density at radius 1 is 1.15 bits per heavy atom.